The fourth-order valence-corrected chi connectivity index (χ4v) is 8.47. The molecule has 1 atom stereocenters. The molecule has 0 aliphatic rings. The highest BCUT2D eigenvalue weighted by molar-refractivity contribution is 5.71. The van der Waals surface area contributed by atoms with E-state index >= 15 is 0 Å². The van der Waals surface area contributed by atoms with Crippen molar-refractivity contribution in [2.45, 2.75) is 311 Å². The van der Waals surface area contributed by atoms with E-state index in [2.05, 4.69) is 41.5 Å². The Kier molecular flexibility index (Phi) is 46.2. The third-order valence-electron chi connectivity index (χ3n) is 12.6. The molecule has 0 saturated heterocycles. The van der Waals surface area contributed by atoms with Gasteiger partial charge in [0.1, 0.15) is 13.2 Å². The fourth-order valence-electron chi connectivity index (χ4n) is 8.47. The van der Waals surface area contributed by atoms with Crippen LogP contribution < -0.4 is 0 Å². The van der Waals surface area contributed by atoms with Crippen LogP contribution in [-0.2, 0) is 28.6 Å². The predicted octanol–water partition coefficient (Wildman–Crippen LogP) is 17.9. The summed E-state index contributed by atoms with van der Waals surface area (Å²) in [6, 6.07) is 0. The van der Waals surface area contributed by atoms with Gasteiger partial charge in [-0.15, -0.1) is 0 Å². The second kappa shape index (κ2) is 47.4. The molecule has 0 aliphatic heterocycles. The molecule has 0 aromatic rings. The van der Waals surface area contributed by atoms with Crippen LogP contribution in [-0.4, -0.2) is 37.2 Å². The Labute approximate surface area is 387 Å². The van der Waals surface area contributed by atoms with Crippen LogP contribution in [0.2, 0.25) is 0 Å². The van der Waals surface area contributed by atoms with Crippen LogP contribution in [0.25, 0.3) is 0 Å². The number of rotatable bonds is 49. The minimum atomic E-state index is -0.763. The number of unbranched alkanes of at least 4 members (excludes halogenated alkanes) is 32. The van der Waals surface area contributed by atoms with Crippen molar-refractivity contribution >= 4 is 17.9 Å². The predicted molar refractivity (Wildman–Crippen MR) is 266 cm³/mol. The van der Waals surface area contributed by atoms with Crippen LogP contribution in [0, 0.1) is 17.8 Å². The Morgan fingerprint density at radius 3 is 0.694 bits per heavy atom. The molecule has 0 radical (unpaired) electrons. The summed E-state index contributed by atoms with van der Waals surface area (Å²) in [6.07, 6.45) is 48.1. The van der Waals surface area contributed by atoms with Gasteiger partial charge >= 0.3 is 17.9 Å². The number of carbonyl (C=O) groups excluding carboxylic acids is 3. The molecule has 0 fully saturated rings. The third kappa shape index (κ3) is 49.4. The van der Waals surface area contributed by atoms with E-state index in [9.17, 15) is 14.4 Å². The van der Waals surface area contributed by atoms with Gasteiger partial charge in [0.15, 0.2) is 6.10 Å². The molecule has 368 valence electrons. The molecule has 0 unspecified atom stereocenters. The van der Waals surface area contributed by atoms with Gasteiger partial charge in [0.25, 0.3) is 0 Å². The molecule has 62 heavy (non-hydrogen) atoms. The minimum absolute atomic E-state index is 0.0642. The molecule has 0 heterocycles. The smallest absolute Gasteiger partial charge is 0.306 e. The average molecular weight is 877 g/mol. The fraction of sp³-hybridized carbons (Fsp3) is 0.946. The normalized spacial score (nSPS) is 12.1. The standard InChI is InChI=1S/C56H108O6/c1-50(2)42-36-30-24-18-13-9-7-8-10-15-21-27-33-39-45-54(57)60-48-53(62-56(59)47-41-35-29-23-17-20-26-32-38-44-52(5)6)49-61-55(58)46-40-34-28-22-16-12-11-14-19-25-31-37-43-51(3)4/h50-53H,7-49H2,1-6H3/t53-/m0/s1. The van der Waals surface area contributed by atoms with Crippen LogP contribution >= 0.6 is 0 Å². The second-order valence-electron chi connectivity index (χ2n) is 20.6. The molecule has 6 nitrogen and oxygen atoms in total. The maximum atomic E-state index is 12.8. The Morgan fingerprint density at radius 2 is 0.468 bits per heavy atom. The first-order valence-electron chi connectivity index (χ1n) is 27.6. The SMILES string of the molecule is CC(C)CCCCCCCCCCCCCCCCC(=O)OC[C@@H](COC(=O)CCCCCCCCCCCCCCC(C)C)OC(=O)CCCCCCCCCCCC(C)C. The summed E-state index contributed by atoms with van der Waals surface area (Å²) in [7, 11) is 0. The highest BCUT2D eigenvalue weighted by atomic mass is 16.6. The van der Waals surface area contributed by atoms with Crippen molar-refractivity contribution in [3.05, 3.63) is 0 Å². The van der Waals surface area contributed by atoms with Crippen molar-refractivity contribution in [3.63, 3.8) is 0 Å². The van der Waals surface area contributed by atoms with E-state index in [0.717, 1.165) is 75.5 Å². The molecule has 0 bridgehead atoms. The molecule has 0 amide bonds. The highest BCUT2D eigenvalue weighted by Gasteiger charge is 2.19. The Morgan fingerprint density at radius 1 is 0.274 bits per heavy atom. The second-order valence-corrected chi connectivity index (χ2v) is 20.6. The lowest BCUT2D eigenvalue weighted by molar-refractivity contribution is -0.167. The van der Waals surface area contributed by atoms with Crippen molar-refractivity contribution < 1.29 is 28.6 Å². The number of hydrogen-bond acceptors (Lipinski definition) is 6. The van der Waals surface area contributed by atoms with Gasteiger partial charge < -0.3 is 14.2 Å². The quantitative estimate of drug-likeness (QED) is 0.0344. The Balaban J connectivity index is 4.29. The van der Waals surface area contributed by atoms with Crippen LogP contribution in [0.15, 0.2) is 0 Å². The first kappa shape index (κ1) is 60.4. The van der Waals surface area contributed by atoms with Crippen LogP contribution in [0.5, 0.6) is 0 Å². The van der Waals surface area contributed by atoms with Gasteiger partial charge in [-0.25, -0.2) is 0 Å². The summed E-state index contributed by atoms with van der Waals surface area (Å²) in [5, 5.41) is 0. The number of esters is 3. The third-order valence-corrected chi connectivity index (χ3v) is 12.6. The molecule has 0 aromatic heterocycles. The summed E-state index contributed by atoms with van der Waals surface area (Å²) in [5.74, 6) is 1.64. The molecule has 0 N–H and O–H groups in total. The number of carbonyl (C=O) groups is 3. The summed E-state index contributed by atoms with van der Waals surface area (Å²) in [6.45, 7) is 13.7. The van der Waals surface area contributed by atoms with Gasteiger partial charge in [0, 0.05) is 19.3 Å². The average Bonchev–Trinajstić information content (AvgIpc) is 3.23. The van der Waals surface area contributed by atoms with Crippen molar-refractivity contribution in [1.29, 1.82) is 0 Å². The van der Waals surface area contributed by atoms with Crippen molar-refractivity contribution in [2.24, 2.45) is 17.8 Å². The van der Waals surface area contributed by atoms with Gasteiger partial charge in [-0.1, -0.05) is 266 Å². The molecule has 0 saturated carbocycles. The summed E-state index contributed by atoms with van der Waals surface area (Å²) in [5.41, 5.74) is 0. The summed E-state index contributed by atoms with van der Waals surface area (Å²) < 4.78 is 16.9. The maximum absolute atomic E-state index is 12.8. The van der Waals surface area contributed by atoms with Crippen LogP contribution in [0.1, 0.15) is 305 Å². The lowest BCUT2D eigenvalue weighted by atomic mass is 10.0. The molecule has 6 heteroatoms. The molecule has 0 aliphatic carbocycles. The van der Waals surface area contributed by atoms with E-state index in [4.69, 9.17) is 14.2 Å². The zero-order valence-electron chi connectivity index (χ0n) is 42.7. The zero-order chi connectivity index (χ0) is 45.6. The van der Waals surface area contributed by atoms with Gasteiger partial charge in [-0.05, 0) is 37.0 Å². The summed E-state index contributed by atoms with van der Waals surface area (Å²) >= 11 is 0. The van der Waals surface area contributed by atoms with Crippen LogP contribution in [0.4, 0.5) is 0 Å². The monoisotopic (exact) mass is 877 g/mol. The van der Waals surface area contributed by atoms with Crippen molar-refractivity contribution in [1.82, 2.24) is 0 Å². The summed E-state index contributed by atoms with van der Waals surface area (Å²) in [4.78, 5) is 38.0. The first-order chi connectivity index (χ1) is 30.1. The lowest BCUT2D eigenvalue weighted by Crippen LogP contribution is -2.30. The van der Waals surface area contributed by atoms with E-state index < -0.39 is 6.10 Å². The van der Waals surface area contributed by atoms with E-state index in [1.54, 1.807) is 0 Å². The highest BCUT2D eigenvalue weighted by Crippen LogP contribution is 2.18. The Hall–Kier alpha value is -1.59. The first-order valence-corrected chi connectivity index (χ1v) is 27.6. The van der Waals surface area contributed by atoms with E-state index in [-0.39, 0.29) is 31.1 Å². The minimum Gasteiger partial charge on any atom is -0.462 e. The number of ether oxygens (including phenoxy) is 3. The van der Waals surface area contributed by atoms with Gasteiger partial charge in [-0.3, -0.25) is 14.4 Å². The van der Waals surface area contributed by atoms with Crippen LogP contribution in [0.3, 0.4) is 0 Å². The Bertz CT molecular complexity index is 960. The molecule has 0 aromatic carbocycles. The van der Waals surface area contributed by atoms with E-state index in [1.165, 1.54) is 186 Å². The van der Waals surface area contributed by atoms with Crippen molar-refractivity contribution in [3.8, 4) is 0 Å². The lowest BCUT2D eigenvalue weighted by Gasteiger charge is -2.18. The molecular weight excluding hydrogens is 769 g/mol. The number of hydrogen-bond donors (Lipinski definition) is 0. The van der Waals surface area contributed by atoms with Crippen molar-refractivity contribution in [2.75, 3.05) is 13.2 Å². The van der Waals surface area contributed by atoms with Gasteiger partial charge in [0.2, 0.25) is 0 Å². The van der Waals surface area contributed by atoms with Gasteiger partial charge in [-0.2, -0.15) is 0 Å². The van der Waals surface area contributed by atoms with E-state index in [1.807, 2.05) is 0 Å². The van der Waals surface area contributed by atoms with E-state index in [0.29, 0.717) is 19.3 Å². The molecule has 0 spiro atoms. The van der Waals surface area contributed by atoms with Gasteiger partial charge in [0.05, 0.1) is 0 Å². The largest absolute Gasteiger partial charge is 0.462 e. The zero-order valence-corrected chi connectivity index (χ0v) is 42.7. The molecule has 0 rings (SSSR count). The maximum Gasteiger partial charge on any atom is 0.306 e. The molecular formula is C56H108O6. The topological polar surface area (TPSA) is 78.9 Å².